The summed E-state index contributed by atoms with van der Waals surface area (Å²) in [6.45, 7) is 3.77. The molecule has 2 rings (SSSR count). The van der Waals surface area contributed by atoms with Crippen molar-refractivity contribution < 1.29 is 22.6 Å². The van der Waals surface area contributed by atoms with Gasteiger partial charge in [-0.15, -0.1) is 34.2 Å². The number of nitrogens with zero attached hydrogens (tertiary/aromatic N) is 4. The molecule has 31 heavy (non-hydrogen) atoms. The first-order valence-electron chi connectivity index (χ1n) is 9.34. The number of methoxy groups -OCH3 is 1. The normalized spacial score (nSPS) is 11.8. The van der Waals surface area contributed by atoms with Crippen LogP contribution in [0.1, 0.15) is 22.8 Å². The minimum atomic E-state index is -4.41. The van der Waals surface area contributed by atoms with Crippen molar-refractivity contribution in [2.75, 3.05) is 26.9 Å². The third-order valence-corrected chi connectivity index (χ3v) is 4.22. The van der Waals surface area contributed by atoms with Gasteiger partial charge in [0, 0.05) is 26.3 Å². The Kier molecular flexibility index (Phi) is 11.0. The van der Waals surface area contributed by atoms with Gasteiger partial charge in [0.15, 0.2) is 18.4 Å². The molecule has 0 radical (unpaired) electrons. The van der Waals surface area contributed by atoms with Crippen molar-refractivity contribution >= 4 is 29.9 Å². The van der Waals surface area contributed by atoms with Gasteiger partial charge in [-0.2, -0.15) is 13.2 Å². The number of aliphatic imine (C=N–C) groups is 1. The highest BCUT2D eigenvalue weighted by molar-refractivity contribution is 14.0. The molecule has 1 aromatic carbocycles. The number of ether oxygens (including phenoxy) is 2. The van der Waals surface area contributed by atoms with Crippen LogP contribution in [0.25, 0.3) is 0 Å². The van der Waals surface area contributed by atoms with Crippen molar-refractivity contribution in [3.63, 3.8) is 0 Å². The Morgan fingerprint density at radius 3 is 2.55 bits per heavy atom. The number of rotatable bonds is 9. The van der Waals surface area contributed by atoms with Crippen LogP contribution in [0.4, 0.5) is 13.2 Å². The van der Waals surface area contributed by atoms with Gasteiger partial charge in [0.1, 0.15) is 11.6 Å². The minimum Gasteiger partial charge on any atom is -0.484 e. The van der Waals surface area contributed by atoms with Gasteiger partial charge < -0.3 is 24.7 Å². The van der Waals surface area contributed by atoms with Crippen LogP contribution < -0.4 is 15.4 Å². The van der Waals surface area contributed by atoms with E-state index >= 15 is 0 Å². The first-order valence-corrected chi connectivity index (χ1v) is 9.34. The number of halogens is 4. The van der Waals surface area contributed by atoms with Gasteiger partial charge in [0.05, 0.1) is 19.7 Å². The fraction of sp³-hybridized carbons (Fsp3) is 0.526. The van der Waals surface area contributed by atoms with Crippen molar-refractivity contribution in [3.8, 4) is 5.75 Å². The molecule has 0 amide bonds. The zero-order valence-corrected chi connectivity index (χ0v) is 20.2. The predicted octanol–water partition coefficient (Wildman–Crippen LogP) is 2.87. The number of hydrogen-bond acceptors (Lipinski definition) is 5. The maximum atomic E-state index is 12.6. The molecule has 0 saturated heterocycles. The SMILES string of the molecule is COCCNC(=NCc1ccc(C)cc1OCC(F)(F)F)NCc1nnc(C)n1C.I. The van der Waals surface area contributed by atoms with Crippen LogP contribution >= 0.6 is 24.0 Å². The van der Waals surface area contributed by atoms with Gasteiger partial charge in [-0.05, 0) is 25.5 Å². The number of benzene rings is 1. The van der Waals surface area contributed by atoms with E-state index in [2.05, 4.69) is 25.8 Å². The molecule has 0 atom stereocenters. The molecule has 2 N–H and O–H groups in total. The maximum Gasteiger partial charge on any atom is 0.422 e. The van der Waals surface area contributed by atoms with Crippen molar-refractivity contribution in [2.45, 2.75) is 33.1 Å². The summed E-state index contributed by atoms with van der Waals surface area (Å²) in [5.41, 5.74) is 1.35. The molecule has 174 valence electrons. The maximum absolute atomic E-state index is 12.6. The van der Waals surface area contributed by atoms with E-state index in [0.717, 1.165) is 17.2 Å². The summed E-state index contributed by atoms with van der Waals surface area (Å²) in [5, 5.41) is 14.4. The van der Waals surface area contributed by atoms with Crippen molar-refractivity contribution in [1.29, 1.82) is 0 Å². The number of hydrogen-bond donors (Lipinski definition) is 2. The second kappa shape index (κ2) is 12.7. The first kappa shape index (κ1) is 26.9. The number of nitrogens with one attached hydrogen (secondary N) is 2. The van der Waals surface area contributed by atoms with E-state index < -0.39 is 12.8 Å². The number of alkyl halides is 3. The molecule has 0 aliphatic rings. The molecular weight excluding hydrogens is 528 g/mol. The molecule has 0 aliphatic heterocycles. The molecule has 0 bridgehead atoms. The quantitative estimate of drug-likeness (QED) is 0.214. The minimum absolute atomic E-state index is 0. The lowest BCUT2D eigenvalue weighted by molar-refractivity contribution is -0.153. The number of guanidine groups is 1. The van der Waals surface area contributed by atoms with E-state index in [1.165, 1.54) is 0 Å². The highest BCUT2D eigenvalue weighted by Gasteiger charge is 2.28. The summed E-state index contributed by atoms with van der Waals surface area (Å²) in [6, 6.07) is 5.09. The largest absolute Gasteiger partial charge is 0.484 e. The lowest BCUT2D eigenvalue weighted by Gasteiger charge is -2.15. The Morgan fingerprint density at radius 1 is 1.19 bits per heavy atom. The lowest BCUT2D eigenvalue weighted by Crippen LogP contribution is -2.39. The molecule has 0 saturated carbocycles. The molecule has 0 aliphatic carbocycles. The van der Waals surface area contributed by atoms with E-state index in [1.54, 1.807) is 32.2 Å². The van der Waals surface area contributed by atoms with E-state index in [1.807, 2.05) is 18.5 Å². The van der Waals surface area contributed by atoms with Crippen molar-refractivity contribution in [2.24, 2.45) is 12.0 Å². The summed E-state index contributed by atoms with van der Waals surface area (Å²) in [7, 11) is 3.45. The fourth-order valence-electron chi connectivity index (χ4n) is 2.46. The second-order valence-corrected chi connectivity index (χ2v) is 6.68. The highest BCUT2D eigenvalue weighted by atomic mass is 127. The third kappa shape index (κ3) is 9.29. The summed E-state index contributed by atoms with van der Waals surface area (Å²) >= 11 is 0. The molecule has 0 spiro atoms. The third-order valence-electron chi connectivity index (χ3n) is 4.22. The lowest BCUT2D eigenvalue weighted by atomic mass is 10.1. The molecule has 0 unspecified atom stereocenters. The molecular formula is C19H28F3IN6O2. The average Bonchev–Trinajstić information content (AvgIpc) is 3.00. The molecule has 12 heteroatoms. The monoisotopic (exact) mass is 556 g/mol. The first-order chi connectivity index (χ1) is 14.2. The standard InChI is InChI=1S/C19H27F3N6O2.HI/c1-13-5-6-15(16(9-13)30-12-19(20,21)22)10-24-18(23-7-8-29-4)25-11-17-27-26-14(2)28(17)3;/h5-6,9H,7-8,10-12H2,1-4H3,(H2,23,24,25);1H. The topological polar surface area (TPSA) is 85.6 Å². The Balaban J connectivity index is 0.00000480. The summed E-state index contributed by atoms with van der Waals surface area (Å²) in [4.78, 5) is 4.47. The van der Waals surface area contributed by atoms with Crippen LogP contribution in [0.5, 0.6) is 5.75 Å². The van der Waals surface area contributed by atoms with Crippen LogP contribution in [-0.2, 0) is 24.9 Å². The number of aromatic nitrogens is 3. The van der Waals surface area contributed by atoms with Crippen molar-refractivity contribution in [3.05, 3.63) is 41.0 Å². The van der Waals surface area contributed by atoms with E-state index in [0.29, 0.717) is 31.2 Å². The Morgan fingerprint density at radius 2 is 1.94 bits per heavy atom. The summed E-state index contributed by atoms with van der Waals surface area (Å²) < 4.78 is 49.5. The van der Waals surface area contributed by atoms with Crippen LogP contribution in [0.15, 0.2) is 23.2 Å². The Labute approximate surface area is 196 Å². The average molecular weight is 556 g/mol. The summed E-state index contributed by atoms with van der Waals surface area (Å²) in [6.07, 6.45) is -4.41. The van der Waals surface area contributed by atoms with E-state index in [9.17, 15) is 13.2 Å². The molecule has 1 heterocycles. The predicted molar refractivity (Wildman–Crippen MR) is 122 cm³/mol. The van der Waals surface area contributed by atoms with E-state index in [-0.39, 0.29) is 36.3 Å². The zero-order chi connectivity index (χ0) is 22.1. The Hall–Kier alpha value is -2.09. The molecule has 2 aromatic rings. The molecule has 8 nitrogen and oxygen atoms in total. The fourth-order valence-corrected chi connectivity index (χ4v) is 2.46. The molecule has 0 fully saturated rings. The zero-order valence-electron chi connectivity index (χ0n) is 17.9. The van der Waals surface area contributed by atoms with Crippen LogP contribution in [0.2, 0.25) is 0 Å². The van der Waals surface area contributed by atoms with Gasteiger partial charge in [0.2, 0.25) is 0 Å². The smallest absolute Gasteiger partial charge is 0.422 e. The number of aryl methyl sites for hydroxylation is 2. The van der Waals surface area contributed by atoms with Gasteiger partial charge in [0.25, 0.3) is 0 Å². The molecule has 1 aromatic heterocycles. The van der Waals surface area contributed by atoms with Crippen LogP contribution in [0.3, 0.4) is 0 Å². The van der Waals surface area contributed by atoms with Gasteiger partial charge in [-0.1, -0.05) is 12.1 Å². The van der Waals surface area contributed by atoms with Crippen LogP contribution in [0, 0.1) is 13.8 Å². The van der Waals surface area contributed by atoms with Gasteiger partial charge in [-0.25, -0.2) is 4.99 Å². The van der Waals surface area contributed by atoms with Crippen LogP contribution in [-0.4, -0.2) is 53.8 Å². The van der Waals surface area contributed by atoms with Gasteiger partial charge in [-0.3, -0.25) is 0 Å². The Bertz CT molecular complexity index is 858. The van der Waals surface area contributed by atoms with Crippen molar-refractivity contribution in [1.82, 2.24) is 25.4 Å². The van der Waals surface area contributed by atoms with Gasteiger partial charge >= 0.3 is 6.18 Å². The highest BCUT2D eigenvalue weighted by Crippen LogP contribution is 2.24. The van der Waals surface area contributed by atoms with E-state index in [4.69, 9.17) is 9.47 Å². The summed E-state index contributed by atoms with van der Waals surface area (Å²) in [5.74, 6) is 2.13. The second-order valence-electron chi connectivity index (χ2n) is 6.68.